The number of aromatic nitrogens is 2. The average Bonchev–Trinajstić information content (AvgIpc) is 3.32. The summed E-state index contributed by atoms with van der Waals surface area (Å²) in [5.74, 6) is 0.913. The van der Waals surface area contributed by atoms with Gasteiger partial charge in [0.15, 0.2) is 0 Å². The van der Waals surface area contributed by atoms with Gasteiger partial charge in [-0.1, -0.05) is 24.3 Å². The molecular weight excluding hydrogens is 440 g/mol. The summed E-state index contributed by atoms with van der Waals surface area (Å²) in [7, 11) is 1.70. The molecule has 1 amide bonds. The molecule has 3 heterocycles. The first-order valence-electron chi connectivity index (χ1n) is 12.0. The summed E-state index contributed by atoms with van der Waals surface area (Å²) < 4.78 is 7.42. The van der Waals surface area contributed by atoms with Crippen molar-refractivity contribution in [3.05, 3.63) is 95.3 Å². The molecule has 2 N–H and O–H groups in total. The summed E-state index contributed by atoms with van der Waals surface area (Å²) in [5.41, 5.74) is 6.84. The fraction of sp³-hybridized carbons (Fsp3) is 0.286. The van der Waals surface area contributed by atoms with Crippen molar-refractivity contribution in [3.8, 4) is 5.75 Å². The number of hydrogen-bond donors (Lipinski definition) is 2. The molecule has 0 bridgehead atoms. The minimum atomic E-state index is -0.510. The Hall–Kier alpha value is -3.68. The van der Waals surface area contributed by atoms with Gasteiger partial charge >= 0.3 is 0 Å². The summed E-state index contributed by atoms with van der Waals surface area (Å²) >= 11 is 0. The van der Waals surface area contributed by atoms with Crippen LogP contribution in [0.1, 0.15) is 45.8 Å². The van der Waals surface area contributed by atoms with E-state index in [1.165, 1.54) is 16.5 Å². The molecular formula is C28H30N4O3. The van der Waals surface area contributed by atoms with Crippen LogP contribution in [0.3, 0.4) is 0 Å². The number of likely N-dealkylation sites (tertiary alicyclic amines) is 1. The van der Waals surface area contributed by atoms with Crippen molar-refractivity contribution in [2.45, 2.75) is 31.8 Å². The second-order valence-electron chi connectivity index (χ2n) is 9.12. The van der Waals surface area contributed by atoms with Crippen molar-refractivity contribution in [1.29, 1.82) is 0 Å². The molecule has 1 aliphatic heterocycles. The highest BCUT2D eigenvalue weighted by molar-refractivity contribution is 5.93. The summed E-state index contributed by atoms with van der Waals surface area (Å²) in [4.78, 5) is 18.8. The number of pyridine rings is 1. The van der Waals surface area contributed by atoms with Crippen molar-refractivity contribution >= 4 is 16.9 Å². The van der Waals surface area contributed by atoms with Crippen LogP contribution in [-0.4, -0.2) is 45.8 Å². The van der Waals surface area contributed by atoms with Crippen LogP contribution in [0.15, 0.2) is 73.1 Å². The fourth-order valence-electron chi connectivity index (χ4n) is 5.01. The second-order valence-corrected chi connectivity index (χ2v) is 9.12. The molecule has 2 aromatic heterocycles. The fourth-order valence-corrected chi connectivity index (χ4v) is 5.01. The molecule has 1 aliphatic rings. The van der Waals surface area contributed by atoms with Gasteiger partial charge in [-0.05, 0) is 84.9 Å². The number of fused-ring (bicyclic) bond motifs is 1. The van der Waals surface area contributed by atoms with Crippen molar-refractivity contribution in [2.24, 2.45) is 0 Å². The third-order valence-corrected chi connectivity index (χ3v) is 6.96. The lowest BCUT2D eigenvalue weighted by atomic mass is 9.88. The lowest BCUT2D eigenvalue weighted by Gasteiger charge is -2.32. The maximum Gasteiger partial charge on any atom is 0.274 e. The minimum absolute atomic E-state index is 0.423. The summed E-state index contributed by atoms with van der Waals surface area (Å²) in [6.45, 7) is 3.79. The standard InChI is InChI=1S/C28H30N4O3/c1-35-24-8-4-20(5-9-24)18-31-15-11-22(12-16-31)25-10-14-29-27-26(25)13-17-32(27)19-21-2-6-23(7-3-21)28(33)30-34/h2-10,13-14,17,22,34H,11-12,15-16,18-19H2,1H3,(H,30,33). The highest BCUT2D eigenvalue weighted by Gasteiger charge is 2.23. The van der Waals surface area contributed by atoms with Gasteiger partial charge in [0, 0.05) is 36.4 Å². The molecule has 0 aliphatic carbocycles. The number of benzene rings is 2. The zero-order chi connectivity index (χ0) is 24.2. The van der Waals surface area contributed by atoms with Crippen LogP contribution in [0.2, 0.25) is 0 Å². The van der Waals surface area contributed by atoms with E-state index in [1.54, 1.807) is 24.7 Å². The molecule has 1 saturated heterocycles. The number of nitrogens with one attached hydrogen (secondary N) is 1. The molecule has 35 heavy (non-hydrogen) atoms. The molecule has 0 spiro atoms. The number of carbonyl (C=O) groups is 1. The van der Waals surface area contributed by atoms with E-state index in [0.717, 1.165) is 49.4 Å². The number of hydrogen-bond acceptors (Lipinski definition) is 5. The zero-order valence-corrected chi connectivity index (χ0v) is 19.9. The number of rotatable bonds is 7. The molecule has 0 radical (unpaired) electrons. The van der Waals surface area contributed by atoms with Crippen molar-refractivity contribution in [2.75, 3.05) is 20.2 Å². The Balaban J connectivity index is 1.25. The van der Waals surface area contributed by atoms with E-state index >= 15 is 0 Å². The summed E-state index contributed by atoms with van der Waals surface area (Å²) in [5, 5.41) is 10.0. The van der Waals surface area contributed by atoms with Crippen LogP contribution < -0.4 is 10.2 Å². The average molecular weight is 471 g/mol. The Kier molecular flexibility index (Phi) is 6.79. The first-order chi connectivity index (χ1) is 17.1. The molecule has 0 saturated carbocycles. The van der Waals surface area contributed by atoms with Gasteiger partial charge in [-0.3, -0.25) is 14.9 Å². The topological polar surface area (TPSA) is 79.6 Å². The summed E-state index contributed by atoms with van der Waals surface area (Å²) in [6.07, 6.45) is 6.28. The van der Waals surface area contributed by atoms with E-state index in [9.17, 15) is 4.79 Å². The van der Waals surface area contributed by atoms with Gasteiger partial charge < -0.3 is 9.30 Å². The van der Waals surface area contributed by atoms with Crippen molar-refractivity contribution in [1.82, 2.24) is 19.9 Å². The van der Waals surface area contributed by atoms with E-state index in [4.69, 9.17) is 9.94 Å². The van der Waals surface area contributed by atoms with Gasteiger partial charge in [-0.2, -0.15) is 0 Å². The number of ether oxygens (including phenoxy) is 1. The van der Waals surface area contributed by atoms with E-state index in [1.807, 2.05) is 30.5 Å². The van der Waals surface area contributed by atoms with Crippen LogP contribution in [-0.2, 0) is 13.1 Å². The molecule has 5 rings (SSSR count). The SMILES string of the molecule is COc1ccc(CN2CCC(c3ccnc4c3ccn4Cc3ccc(C(=O)NO)cc3)CC2)cc1. The quantitative estimate of drug-likeness (QED) is 0.305. The van der Waals surface area contributed by atoms with Gasteiger partial charge in [-0.15, -0.1) is 0 Å². The molecule has 180 valence electrons. The van der Waals surface area contributed by atoms with Crippen LogP contribution in [0.5, 0.6) is 5.75 Å². The van der Waals surface area contributed by atoms with Crippen molar-refractivity contribution in [3.63, 3.8) is 0 Å². The molecule has 4 aromatic rings. The highest BCUT2D eigenvalue weighted by Crippen LogP contribution is 2.33. The van der Waals surface area contributed by atoms with E-state index in [-0.39, 0.29) is 0 Å². The van der Waals surface area contributed by atoms with Crippen molar-refractivity contribution < 1.29 is 14.7 Å². The monoisotopic (exact) mass is 470 g/mol. The van der Waals surface area contributed by atoms with Crippen LogP contribution in [0.4, 0.5) is 0 Å². The molecule has 2 aromatic carbocycles. The summed E-state index contributed by atoms with van der Waals surface area (Å²) in [6, 6.07) is 19.9. The number of piperidine rings is 1. The lowest BCUT2D eigenvalue weighted by Crippen LogP contribution is -2.32. The van der Waals surface area contributed by atoms with E-state index in [0.29, 0.717) is 18.0 Å². The highest BCUT2D eigenvalue weighted by atomic mass is 16.5. The maximum absolute atomic E-state index is 11.6. The second kappa shape index (κ2) is 10.3. The number of carbonyl (C=O) groups excluding carboxylic acids is 1. The predicted octanol–water partition coefficient (Wildman–Crippen LogP) is 4.59. The minimum Gasteiger partial charge on any atom is -0.497 e. The zero-order valence-electron chi connectivity index (χ0n) is 19.9. The first-order valence-corrected chi connectivity index (χ1v) is 12.0. The van der Waals surface area contributed by atoms with E-state index in [2.05, 4.69) is 44.9 Å². The lowest BCUT2D eigenvalue weighted by molar-refractivity contribution is 0.0706. The van der Waals surface area contributed by atoms with Gasteiger partial charge in [0.05, 0.1) is 7.11 Å². The third kappa shape index (κ3) is 5.06. The Morgan fingerprint density at radius 1 is 1.00 bits per heavy atom. The van der Waals surface area contributed by atoms with Gasteiger partial charge in [-0.25, -0.2) is 10.5 Å². The van der Waals surface area contributed by atoms with Crippen LogP contribution in [0, 0.1) is 0 Å². The van der Waals surface area contributed by atoms with E-state index < -0.39 is 5.91 Å². The predicted molar refractivity (Wildman–Crippen MR) is 135 cm³/mol. The molecule has 0 unspecified atom stereocenters. The maximum atomic E-state index is 11.6. The Bertz CT molecular complexity index is 1290. The smallest absolute Gasteiger partial charge is 0.274 e. The number of methoxy groups -OCH3 is 1. The number of nitrogens with zero attached hydrogens (tertiary/aromatic N) is 3. The first kappa shape index (κ1) is 23.1. The Morgan fingerprint density at radius 2 is 1.69 bits per heavy atom. The van der Waals surface area contributed by atoms with Crippen LogP contribution >= 0.6 is 0 Å². The number of amides is 1. The largest absolute Gasteiger partial charge is 0.497 e. The van der Waals surface area contributed by atoms with Gasteiger partial charge in [0.2, 0.25) is 0 Å². The van der Waals surface area contributed by atoms with Crippen LogP contribution in [0.25, 0.3) is 11.0 Å². The van der Waals surface area contributed by atoms with Gasteiger partial charge in [0.1, 0.15) is 11.4 Å². The normalized spacial score (nSPS) is 14.8. The molecule has 7 heteroatoms. The molecule has 1 fully saturated rings. The number of hydroxylamine groups is 1. The Morgan fingerprint density at radius 3 is 2.37 bits per heavy atom. The van der Waals surface area contributed by atoms with Gasteiger partial charge in [0.25, 0.3) is 5.91 Å². The molecule has 0 atom stereocenters. The Labute approximate surface area is 204 Å². The third-order valence-electron chi connectivity index (χ3n) is 6.96. The molecule has 7 nitrogen and oxygen atoms in total.